The maximum Gasteiger partial charge on any atom is 0.339 e. The van der Waals surface area contributed by atoms with Crippen molar-refractivity contribution >= 4 is 44.4 Å². The molecular weight excluding hydrogens is 395 g/mol. The standard InChI is InChI=1S/C12H9IN2O4S/c13-8-3-5-9(6-4-8)20(18,19)15-11-10(12(16)17)2-1-7-14-11/h1-7H,(H,14,15)(H,16,17). The van der Waals surface area contributed by atoms with Gasteiger partial charge in [-0.15, -0.1) is 0 Å². The monoisotopic (exact) mass is 404 g/mol. The number of aromatic carboxylic acids is 1. The van der Waals surface area contributed by atoms with E-state index in [9.17, 15) is 13.2 Å². The van der Waals surface area contributed by atoms with E-state index in [2.05, 4.69) is 32.3 Å². The number of halogens is 1. The second-order valence-electron chi connectivity index (χ2n) is 3.76. The predicted octanol–water partition coefficient (Wildman–Crippen LogP) is 2.19. The van der Waals surface area contributed by atoms with E-state index in [1.54, 1.807) is 12.1 Å². The normalized spacial score (nSPS) is 11.1. The van der Waals surface area contributed by atoms with Crippen LogP contribution in [0.3, 0.4) is 0 Å². The van der Waals surface area contributed by atoms with Crippen molar-refractivity contribution in [2.45, 2.75) is 4.90 Å². The highest BCUT2D eigenvalue weighted by molar-refractivity contribution is 14.1. The fourth-order valence-electron chi connectivity index (χ4n) is 1.46. The Hall–Kier alpha value is -1.68. The van der Waals surface area contributed by atoms with Crippen molar-refractivity contribution in [1.82, 2.24) is 4.98 Å². The molecule has 0 bridgehead atoms. The summed E-state index contributed by atoms with van der Waals surface area (Å²) in [5, 5.41) is 8.99. The van der Waals surface area contributed by atoms with E-state index in [1.165, 1.54) is 30.5 Å². The molecular formula is C12H9IN2O4S. The van der Waals surface area contributed by atoms with Gasteiger partial charge in [0.15, 0.2) is 5.82 Å². The summed E-state index contributed by atoms with van der Waals surface area (Å²) in [4.78, 5) is 14.8. The quantitative estimate of drug-likeness (QED) is 0.762. The molecule has 2 N–H and O–H groups in total. The molecule has 0 fully saturated rings. The van der Waals surface area contributed by atoms with Crippen LogP contribution in [0.2, 0.25) is 0 Å². The third-order valence-electron chi connectivity index (χ3n) is 2.39. The molecule has 8 heteroatoms. The zero-order chi connectivity index (χ0) is 14.8. The van der Waals surface area contributed by atoms with Crippen molar-refractivity contribution in [1.29, 1.82) is 0 Å². The van der Waals surface area contributed by atoms with E-state index < -0.39 is 16.0 Å². The average molecular weight is 404 g/mol. The number of nitrogens with zero attached hydrogens (tertiary/aromatic N) is 1. The van der Waals surface area contributed by atoms with Crippen LogP contribution in [0.15, 0.2) is 47.5 Å². The van der Waals surface area contributed by atoms with Gasteiger partial charge >= 0.3 is 5.97 Å². The molecule has 1 aromatic carbocycles. The summed E-state index contributed by atoms with van der Waals surface area (Å²) in [5.41, 5.74) is -0.207. The summed E-state index contributed by atoms with van der Waals surface area (Å²) < 4.78 is 27.4. The Bertz CT molecular complexity index is 744. The molecule has 2 rings (SSSR count). The van der Waals surface area contributed by atoms with Crippen LogP contribution in [0.4, 0.5) is 5.82 Å². The number of carboxylic acids is 1. The van der Waals surface area contributed by atoms with Gasteiger partial charge < -0.3 is 5.11 Å². The molecule has 1 heterocycles. The van der Waals surface area contributed by atoms with Crippen molar-refractivity contribution in [3.8, 4) is 0 Å². The number of carboxylic acid groups (broad SMARTS) is 1. The lowest BCUT2D eigenvalue weighted by Gasteiger charge is -2.09. The summed E-state index contributed by atoms with van der Waals surface area (Å²) in [5.74, 6) is -1.46. The highest BCUT2D eigenvalue weighted by Gasteiger charge is 2.19. The summed E-state index contributed by atoms with van der Waals surface area (Å²) in [6.07, 6.45) is 1.32. The molecule has 6 nitrogen and oxygen atoms in total. The molecule has 2 aromatic rings. The number of hydrogen-bond acceptors (Lipinski definition) is 4. The maximum absolute atomic E-state index is 12.1. The van der Waals surface area contributed by atoms with Gasteiger partial charge in [-0.2, -0.15) is 0 Å². The number of anilines is 1. The molecule has 20 heavy (non-hydrogen) atoms. The maximum atomic E-state index is 12.1. The number of rotatable bonds is 4. The van der Waals surface area contributed by atoms with Crippen LogP contribution < -0.4 is 4.72 Å². The topological polar surface area (TPSA) is 96.4 Å². The van der Waals surface area contributed by atoms with Crippen LogP contribution in [0.5, 0.6) is 0 Å². The van der Waals surface area contributed by atoms with Gasteiger partial charge in [0.2, 0.25) is 0 Å². The number of pyridine rings is 1. The molecule has 0 radical (unpaired) electrons. The van der Waals surface area contributed by atoms with E-state index in [0.29, 0.717) is 0 Å². The molecule has 0 amide bonds. The highest BCUT2D eigenvalue weighted by Crippen LogP contribution is 2.18. The van der Waals surface area contributed by atoms with Gasteiger partial charge in [0.25, 0.3) is 10.0 Å². The van der Waals surface area contributed by atoms with Crippen LogP contribution in [0, 0.1) is 3.57 Å². The van der Waals surface area contributed by atoms with Crippen molar-refractivity contribution in [2.24, 2.45) is 0 Å². The number of nitrogens with one attached hydrogen (secondary N) is 1. The van der Waals surface area contributed by atoms with Crippen LogP contribution in [0.1, 0.15) is 10.4 Å². The molecule has 0 aliphatic heterocycles. The largest absolute Gasteiger partial charge is 0.478 e. The first-order chi connectivity index (χ1) is 9.40. The highest BCUT2D eigenvalue weighted by atomic mass is 127. The van der Waals surface area contributed by atoms with Crippen LogP contribution in [0.25, 0.3) is 0 Å². The number of benzene rings is 1. The molecule has 0 unspecified atom stereocenters. The Kier molecular flexibility index (Phi) is 4.23. The molecule has 104 valence electrons. The second kappa shape index (κ2) is 5.75. The smallest absolute Gasteiger partial charge is 0.339 e. The van der Waals surface area contributed by atoms with E-state index >= 15 is 0 Å². The SMILES string of the molecule is O=C(O)c1cccnc1NS(=O)(=O)c1ccc(I)cc1. The predicted molar refractivity (Wildman–Crippen MR) is 81.2 cm³/mol. The number of carbonyl (C=O) groups is 1. The first kappa shape index (κ1) is 14.7. The van der Waals surface area contributed by atoms with Crippen molar-refractivity contribution in [2.75, 3.05) is 4.72 Å². The molecule has 0 saturated carbocycles. The fourth-order valence-corrected chi connectivity index (χ4v) is 2.85. The summed E-state index contributed by atoms with van der Waals surface area (Å²) in [7, 11) is -3.87. The summed E-state index contributed by atoms with van der Waals surface area (Å²) >= 11 is 2.06. The molecule has 0 saturated heterocycles. The van der Waals surface area contributed by atoms with E-state index in [1.807, 2.05) is 0 Å². The number of sulfonamides is 1. The zero-order valence-corrected chi connectivity index (χ0v) is 12.9. The zero-order valence-electron chi connectivity index (χ0n) is 9.95. The minimum absolute atomic E-state index is 0.0416. The first-order valence-electron chi connectivity index (χ1n) is 5.37. The van der Waals surface area contributed by atoms with Crippen LogP contribution >= 0.6 is 22.6 Å². The lowest BCUT2D eigenvalue weighted by Crippen LogP contribution is -2.16. The molecule has 0 aliphatic carbocycles. The van der Waals surface area contributed by atoms with Crippen molar-refractivity contribution in [3.63, 3.8) is 0 Å². The third-order valence-corrected chi connectivity index (χ3v) is 4.47. The van der Waals surface area contributed by atoms with E-state index in [4.69, 9.17) is 5.11 Å². The number of hydrogen-bond donors (Lipinski definition) is 2. The number of aromatic nitrogens is 1. The van der Waals surface area contributed by atoms with Gasteiger partial charge in [-0.05, 0) is 59.0 Å². The van der Waals surface area contributed by atoms with Gasteiger partial charge in [-0.3, -0.25) is 4.72 Å². The van der Waals surface area contributed by atoms with Crippen molar-refractivity contribution < 1.29 is 18.3 Å². The molecule has 1 aromatic heterocycles. The molecule has 0 aliphatic rings. The first-order valence-corrected chi connectivity index (χ1v) is 7.93. The van der Waals surface area contributed by atoms with Gasteiger partial charge in [0, 0.05) is 9.77 Å². The van der Waals surface area contributed by atoms with E-state index in [0.717, 1.165) is 3.57 Å². The minimum atomic E-state index is -3.87. The Morgan fingerprint density at radius 3 is 2.45 bits per heavy atom. The van der Waals surface area contributed by atoms with E-state index in [-0.39, 0.29) is 16.3 Å². The Balaban J connectivity index is 2.38. The average Bonchev–Trinajstić information content (AvgIpc) is 2.39. The lowest BCUT2D eigenvalue weighted by molar-refractivity contribution is 0.0697. The summed E-state index contributed by atoms with van der Waals surface area (Å²) in [6, 6.07) is 8.87. The van der Waals surface area contributed by atoms with Gasteiger partial charge in [-0.25, -0.2) is 18.2 Å². The fraction of sp³-hybridized carbons (Fsp3) is 0. The third kappa shape index (κ3) is 3.25. The minimum Gasteiger partial charge on any atom is -0.478 e. The Labute approximate surface area is 129 Å². The van der Waals surface area contributed by atoms with Crippen molar-refractivity contribution in [3.05, 3.63) is 51.7 Å². The Morgan fingerprint density at radius 1 is 1.20 bits per heavy atom. The van der Waals surface area contributed by atoms with Crippen LogP contribution in [-0.2, 0) is 10.0 Å². The molecule has 0 spiro atoms. The van der Waals surface area contributed by atoms with Crippen LogP contribution in [-0.4, -0.2) is 24.5 Å². The molecule has 0 atom stereocenters. The van der Waals surface area contributed by atoms with Gasteiger partial charge in [0.1, 0.15) is 5.56 Å². The summed E-state index contributed by atoms with van der Waals surface area (Å²) in [6.45, 7) is 0. The Morgan fingerprint density at radius 2 is 1.85 bits per heavy atom. The lowest BCUT2D eigenvalue weighted by atomic mass is 10.3. The van der Waals surface area contributed by atoms with Gasteiger partial charge in [0.05, 0.1) is 4.90 Å². The van der Waals surface area contributed by atoms with Gasteiger partial charge in [-0.1, -0.05) is 0 Å². The second-order valence-corrected chi connectivity index (χ2v) is 6.69.